The zero-order valence-electron chi connectivity index (χ0n) is 10.5. The molecule has 1 rings (SSSR count). The van der Waals surface area contributed by atoms with Gasteiger partial charge in [-0.25, -0.2) is 0 Å². The molecule has 1 heterocycles. The number of hydrogen-bond donors (Lipinski definition) is 1. The first-order valence-corrected chi connectivity index (χ1v) is 6.22. The van der Waals surface area contributed by atoms with Gasteiger partial charge in [-0.1, -0.05) is 13.8 Å². The largest absolute Gasteiger partial charge is 0.379 e. The lowest BCUT2D eigenvalue weighted by molar-refractivity contribution is 0.0363. The van der Waals surface area contributed by atoms with Crippen LogP contribution in [0.4, 0.5) is 0 Å². The average molecular weight is 214 g/mol. The van der Waals surface area contributed by atoms with Crippen molar-refractivity contribution in [3.63, 3.8) is 0 Å². The number of nitrogens with one attached hydrogen (secondary N) is 1. The molecule has 0 amide bonds. The molecular weight excluding hydrogens is 188 g/mol. The summed E-state index contributed by atoms with van der Waals surface area (Å²) in [6, 6.07) is 0.634. The van der Waals surface area contributed by atoms with Gasteiger partial charge >= 0.3 is 0 Å². The second-order valence-corrected chi connectivity index (χ2v) is 4.95. The minimum Gasteiger partial charge on any atom is -0.379 e. The SMILES string of the molecule is CC(C)CNC(C)CCN1CCOCC1. The molecule has 90 valence electrons. The third-order valence-corrected chi connectivity index (χ3v) is 2.86. The van der Waals surface area contributed by atoms with E-state index in [9.17, 15) is 0 Å². The molecule has 0 bridgehead atoms. The fourth-order valence-corrected chi connectivity index (χ4v) is 1.74. The highest BCUT2D eigenvalue weighted by Gasteiger charge is 2.11. The van der Waals surface area contributed by atoms with E-state index in [1.165, 1.54) is 13.0 Å². The highest BCUT2D eigenvalue weighted by Crippen LogP contribution is 2.01. The van der Waals surface area contributed by atoms with Crippen molar-refractivity contribution in [1.29, 1.82) is 0 Å². The van der Waals surface area contributed by atoms with Gasteiger partial charge in [0.05, 0.1) is 13.2 Å². The predicted molar refractivity (Wildman–Crippen MR) is 64.2 cm³/mol. The monoisotopic (exact) mass is 214 g/mol. The molecule has 0 aromatic rings. The molecule has 0 spiro atoms. The van der Waals surface area contributed by atoms with Gasteiger partial charge < -0.3 is 10.1 Å². The predicted octanol–water partition coefficient (Wildman–Crippen LogP) is 1.34. The van der Waals surface area contributed by atoms with E-state index in [1.54, 1.807) is 0 Å². The van der Waals surface area contributed by atoms with E-state index >= 15 is 0 Å². The zero-order valence-corrected chi connectivity index (χ0v) is 10.5. The minimum absolute atomic E-state index is 0.634. The molecule has 0 radical (unpaired) electrons. The van der Waals surface area contributed by atoms with Crippen molar-refractivity contribution in [2.75, 3.05) is 39.4 Å². The summed E-state index contributed by atoms with van der Waals surface area (Å²) in [5, 5.41) is 3.56. The molecule has 1 aliphatic heterocycles. The number of rotatable bonds is 6. The third-order valence-electron chi connectivity index (χ3n) is 2.86. The Morgan fingerprint density at radius 1 is 1.20 bits per heavy atom. The van der Waals surface area contributed by atoms with Crippen LogP contribution in [0, 0.1) is 5.92 Å². The van der Waals surface area contributed by atoms with Gasteiger partial charge in [-0.15, -0.1) is 0 Å². The van der Waals surface area contributed by atoms with Crippen molar-refractivity contribution < 1.29 is 4.74 Å². The third kappa shape index (κ3) is 6.13. The van der Waals surface area contributed by atoms with Crippen molar-refractivity contribution >= 4 is 0 Å². The summed E-state index contributed by atoms with van der Waals surface area (Å²) in [4.78, 5) is 2.50. The van der Waals surface area contributed by atoms with Crippen LogP contribution >= 0.6 is 0 Å². The smallest absolute Gasteiger partial charge is 0.0594 e. The molecule has 1 fully saturated rings. The highest BCUT2D eigenvalue weighted by molar-refractivity contribution is 4.67. The Hall–Kier alpha value is -0.120. The van der Waals surface area contributed by atoms with Crippen LogP contribution in [0.3, 0.4) is 0 Å². The highest BCUT2D eigenvalue weighted by atomic mass is 16.5. The standard InChI is InChI=1S/C12H26N2O/c1-11(2)10-13-12(3)4-5-14-6-8-15-9-7-14/h11-13H,4-10H2,1-3H3. The van der Waals surface area contributed by atoms with Crippen LogP contribution in [0.25, 0.3) is 0 Å². The van der Waals surface area contributed by atoms with E-state index < -0.39 is 0 Å². The summed E-state index contributed by atoms with van der Waals surface area (Å²) in [5.74, 6) is 0.746. The Balaban J connectivity index is 2.02. The van der Waals surface area contributed by atoms with E-state index in [0.29, 0.717) is 6.04 Å². The Morgan fingerprint density at radius 3 is 2.47 bits per heavy atom. The number of nitrogens with zero attached hydrogens (tertiary/aromatic N) is 1. The van der Waals surface area contributed by atoms with Crippen LogP contribution in [-0.2, 0) is 4.74 Å². The van der Waals surface area contributed by atoms with Gasteiger partial charge in [0, 0.05) is 19.1 Å². The maximum Gasteiger partial charge on any atom is 0.0594 e. The lowest BCUT2D eigenvalue weighted by Crippen LogP contribution is -2.39. The molecule has 0 aromatic carbocycles. The summed E-state index contributed by atoms with van der Waals surface area (Å²) in [7, 11) is 0. The van der Waals surface area contributed by atoms with E-state index in [2.05, 4.69) is 31.0 Å². The van der Waals surface area contributed by atoms with Crippen molar-refractivity contribution in [2.24, 2.45) is 5.92 Å². The van der Waals surface area contributed by atoms with Crippen LogP contribution in [0.15, 0.2) is 0 Å². The normalized spacial score (nSPS) is 20.8. The molecule has 0 saturated carbocycles. The van der Waals surface area contributed by atoms with Crippen LogP contribution in [0.5, 0.6) is 0 Å². The first kappa shape index (κ1) is 12.9. The average Bonchev–Trinajstić information content (AvgIpc) is 2.25. The summed E-state index contributed by atoms with van der Waals surface area (Å²) in [6.07, 6.45) is 1.24. The van der Waals surface area contributed by atoms with E-state index in [4.69, 9.17) is 4.74 Å². The van der Waals surface area contributed by atoms with Crippen molar-refractivity contribution in [3.05, 3.63) is 0 Å². The molecule has 1 N–H and O–H groups in total. The van der Waals surface area contributed by atoms with Gasteiger partial charge in [-0.2, -0.15) is 0 Å². The number of hydrogen-bond acceptors (Lipinski definition) is 3. The maximum absolute atomic E-state index is 5.33. The molecule has 1 aliphatic rings. The molecule has 3 nitrogen and oxygen atoms in total. The maximum atomic E-state index is 5.33. The van der Waals surface area contributed by atoms with Crippen molar-refractivity contribution in [2.45, 2.75) is 33.2 Å². The van der Waals surface area contributed by atoms with Gasteiger partial charge in [0.25, 0.3) is 0 Å². The molecule has 1 unspecified atom stereocenters. The number of morpholine rings is 1. The summed E-state index contributed by atoms with van der Waals surface area (Å²) in [6.45, 7) is 13.2. The van der Waals surface area contributed by atoms with Gasteiger partial charge in [-0.3, -0.25) is 4.90 Å². The Kier molecular flexibility index (Phi) is 6.22. The minimum atomic E-state index is 0.634. The fourth-order valence-electron chi connectivity index (χ4n) is 1.74. The molecular formula is C12H26N2O. The summed E-state index contributed by atoms with van der Waals surface area (Å²) >= 11 is 0. The van der Waals surface area contributed by atoms with Crippen LogP contribution in [-0.4, -0.2) is 50.3 Å². The molecule has 1 saturated heterocycles. The second kappa shape index (κ2) is 7.20. The molecule has 1 atom stereocenters. The topological polar surface area (TPSA) is 24.5 Å². The van der Waals surface area contributed by atoms with Crippen LogP contribution in [0.1, 0.15) is 27.2 Å². The zero-order chi connectivity index (χ0) is 11.1. The Morgan fingerprint density at radius 2 is 1.87 bits per heavy atom. The van der Waals surface area contributed by atoms with E-state index in [1.807, 2.05) is 0 Å². The first-order valence-electron chi connectivity index (χ1n) is 6.22. The Bertz CT molecular complexity index is 156. The van der Waals surface area contributed by atoms with E-state index in [-0.39, 0.29) is 0 Å². The quantitative estimate of drug-likeness (QED) is 0.722. The van der Waals surface area contributed by atoms with Crippen LogP contribution < -0.4 is 5.32 Å². The van der Waals surface area contributed by atoms with Crippen molar-refractivity contribution in [3.8, 4) is 0 Å². The van der Waals surface area contributed by atoms with Gasteiger partial charge in [0.2, 0.25) is 0 Å². The summed E-state index contributed by atoms with van der Waals surface area (Å²) < 4.78 is 5.33. The van der Waals surface area contributed by atoms with Gasteiger partial charge in [0.1, 0.15) is 0 Å². The molecule has 15 heavy (non-hydrogen) atoms. The molecule has 0 aliphatic carbocycles. The number of ether oxygens (including phenoxy) is 1. The fraction of sp³-hybridized carbons (Fsp3) is 1.00. The lowest BCUT2D eigenvalue weighted by atomic mass is 10.1. The second-order valence-electron chi connectivity index (χ2n) is 4.95. The van der Waals surface area contributed by atoms with Gasteiger partial charge in [-0.05, 0) is 32.4 Å². The van der Waals surface area contributed by atoms with E-state index in [0.717, 1.165) is 38.8 Å². The molecule has 0 aromatic heterocycles. The first-order chi connectivity index (χ1) is 7.18. The Labute approximate surface area is 94.2 Å². The van der Waals surface area contributed by atoms with Gasteiger partial charge in [0.15, 0.2) is 0 Å². The lowest BCUT2D eigenvalue weighted by Gasteiger charge is -2.28. The van der Waals surface area contributed by atoms with Crippen molar-refractivity contribution in [1.82, 2.24) is 10.2 Å². The van der Waals surface area contributed by atoms with Crippen LogP contribution in [0.2, 0.25) is 0 Å². The molecule has 3 heteroatoms. The summed E-state index contributed by atoms with van der Waals surface area (Å²) in [5.41, 5.74) is 0.